The number of hydrogen-bond acceptors (Lipinski definition) is 1. The molecule has 1 nitrogen and oxygen atoms in total. The third kappa shape index (κ3) is 2.60. The molecule has 0 aromatic heterocycles. The van der Waals surface area contributed by atoms with Crippen molar-refractivity contribution in [1.82, 2.24) is 0 Å². The van der Waals surface area contributed by atoms with E-state index in [0.717, 1.165) is 0 Å². The van der Waals surface area contributed by atoms with Gasteiger partial charge in [-0.2, -0.15) is 5.26 Å². The average Bonchev–Trinajstić information content (AvgIpc) is 3.04. The van der Waals surface area contributed by atoms with Crippen LogP contribution in [0.3, 0.4) is 0 Å². The van der Waals surface area contributed by atoms with Gasteiger partial charge in [0.2, 0.25) is 0 Å². The van der Waals surface area contributed by atoms with Crippen molar-refractivity contribution in [2.24, 2.45) is 5.92 Å². The van der Waals surface area contributed by atoms with Crippen molar-refractivity contribution in [3.8, 4) is 17.2 Å². The smallest absolute Gasteiger partial charge is 0.0740 e. The van der Waals surface area contributed by atoms with Crippen LogP contribution in [0.1, 0.15) is 37.2 Å². The maximum absolute atomic E-state index is 9.48. The van der Waals surface area contributed by atoms with Crippen LogP contribution in [-0.4, -0.2) is 0 Å². The minimum atomic E-state index is 0.0716. The molecule has 1 fully saturated rings. The summed E-state index contributed by atoms with van der Waals surface area (Å²) in [5.74, 6) is 0.630. The number of benzene rings is 2. The van der Waals surface area contributed by atoms with Gasteiger partial charge in [-0.3, -0.25) is 0 Å². The number of rotatable bonds is 3. The molecule has 0 aliphatic heterocycles. The molecule has 0 spiro atoms. The molecule has 3 rings (SSSR count). The van der Waals surface area contributed by atoms with Crippen LogP contribution in [0.5, 0.6) is 0 Å². The van der Waals surface area contributed by atoms with Crippen LogP contribution in [0.2, 0.25) is 0 Å². The molecule has 100 valence electrons. The third-order valence-corrected chi connectivity index (χ3v) is 4.39. The van der Waals surface area contributed by atoms with Gasteiger partial charge in [0.1, 0.15) is 0 Å². The highest BCUT2D eigenvalue weighted by atomic mass is 14.3. The van der Waals surface area contributed by atoms with Crippen LogP contribution >= 0.6 is 0 Å². The van der Waals surface area contributed by atoms with Gasteiger partial charge in [0.25, 0.3) is 0 Å². The Bertz CT molecular complexity index is 586. The molecular formula is C19H19N. The number of hydrogen-bond donors (Lipinski definition) is 0. The lowest BCUT2D eigenvalue weighted by Gasteiger charge is -2.17. The molecule has 1 aliphatic carbocycles. The van der Waals surface area contributed by atoms with Crippen molar-refractivity contribution < 1.29 is 0 Å². The van der Waals surface area contributed by atoms with Gasteiger partial charge in [-0.1, -0.05) is 67.4 Å². The van der Waals surface area contributed by atoms with Crippen LogP contribution in [0.25, 0.3) is 11.1 Å². The van der Waals surface area contributed by atoms with E-state index in [4.69, 9.17) is 0 Å². The lowest BCUT2D eigenvalue weighted by Crippen LogP contribution is -2.07. The topological polar surface area (TPSA) is 23.8 Å². The normalized spacial score (nSPS) is 16.8. The molecule has 20 heavy (non-hydrogen) atoms. The second-order valence-electron chi connectivity index (χ2n) is 5.64. The zero-order chi connectivity index (χ0) is 13.8. The quantitative estimate of drug-likeness (QED) is 0.749. The molecule has 0 N–H and O–H groups in total. The van der Waals surface area contributed by atoms with Crippen molar-refractivity contribution in [3.05, 3.63) is 60.2 Å². The van der Waals surface area contributed by atoms with Gasteiger partial charge >= 0.3 is 0 Å². The number of nitriles is 1. The molecule has 0 radical (unpaired) electrons. The first-order valence-electron chi connectivity index (χ1n) is 7.43. The van der Waals surface area contributed by atoms with Crippen LogP contribution in [0.4, 0.5) is 0 Å². The predicted molar refractivity (Wildman–Crippen MR) is 82.2 cm³/mol. The molecule has 0 saturated heterocycles. The Morgan fingerprint density at radius 2 is 1.45 bits per heavy atom. The molecular weight excluding hydrogens is 242 g/mol. The van der Waals surface area contributed by atoms with Crippen LogP contribution in [-0.2, 0) is 0 Å². The molecule has 0 heterocycles. The van der Waals surface area contributed by atoms with Crippen LogP contribution in [0.15, 0.2) is 54.6 Å². The van der Waals surface area contributed by atoms with Gasteiger partial charge in [-0.05, 0) is 35.4 Å². The van der Waals surface area contributed by atoms with Gasteiger partial charge in [0.05, 0.1) is 12.0 Å². The van der Waals surface area contributed by atoms with Crippen molar-refractivity contribution in [2.75, 3.05) is 0 Å². The summed E-state index contributed by atoms with van der Waals surface area (Å²) >= 11 is 0. The molecule has 2 aromatic rings. The van der Waals surface area contributed by atoms with Crippen molar-refractivity contribution in [2.45, 2.75) is 31.6 Å². The average molecular weight is 261 g/mol. The predicted octanol–water partition coefficient (Wildman–Crippen LogP) is 5.15. The molecule has 1 unspecified atom stereocenters. The first-order chi connectivity index (χ1) is 9.88. The monoisotopic (exact) mass is 261 g/mol. The van der Waals surface area contributed by atoms with Crippen molar-refractivity contribution >= 4 is 0 Å². The maximum atomic E-state index is 9.48. The Kier molecular flexibility index (Phi) is 3.83. The fourth-order valence-corrected chi connectivity index (χ4v) is 3.26. The lowest BCUT2D eigenvalue weighted by molar-refractivity contribution is 0.501. The van der Waals surface area contributed by atoms with E-state index in [0.29, 0.717) is 5.92 Å². The summed E-state index contributed by atoms with van der Waals surface area (Å²) in [7, 11) is 0. The Hall–Kier alpha value is -2.07. The van der Waals surface area contributed by atoms with Gasteiger partial charge in [0, 0.05) is 0 Å². The van der Waals surface area contributed by atoms with Gasteiger partial charge in [-0.25, -0.2) is 0 Å². The Labute approximate surface area is 120 Å². The van der Waals surface area contributed by atoms with E-state index in [1.54, 1.807) is 0 Å². The van der Waals surface area contributed by atoms with Crippen LogP contribution < -0.4 is 0 Å². The fraction of sp³-hybridized carbons (Fsp3) is 0.316. The SMILES string of the molecule is N#CC(c1ccc(-c2ccccc2)cc1)C1CCCC1. The Balaban J connectivity index is 1.84. The van der Waals surface area contributed by atoms with E-state index in [1.165, 1.54) is 42.4 Å². The molecule has 1 saturated carbocycles. The Morgan fingerprint density at radius 1 is 0.850 bits per heavy atom. The first kappa shape index (κ1) is 12.9. The number of nitrogens with zero attached hydrogens (tertiary/aromatic N) is 1. The van der Waals surface area contributed by atoms with Gasteiger partial charge < -0.3 is 0 Å². The third-order valence-electron chi connectivity index (χ3n) is 4.39. The molecule has 1 aliphatic rings. The summed E-state index contributed by atoms with van der Waals surface area (Å²) in [4.78, 5) is 0. The van der Waals surface area contributed by atoms with Crippen molar-refractivity contribution in [1.29, 1.82) is 5.26 Å². The fourth-order valence-electron chi connectivity index (χ4n) is 3.26. The molecule has 1 atom stereocenters. The maximum Gasteiger partial charge on any atom is 0.0740 e. The van der Waals surface area contributed by atoms with E-state index in [2.05, 4.69) is 54.6 Å². The minimum Gasteiger partial charge on any atom is -0.198 e. The highest BCUT2D eigenvalue weighted by molar-refractivity contribution is 5.63. The van der Waals surface area contributed by atoms with Crippen LogP contribution in [0, 0.1) is 17.2 Å². The first-order valence-corrected chi connectivity index (χ1v) is 7.43. The van der Waals surface area contributed by atoms with Gasteiger partial charge in [-0.15, -0.1) is 0 Å². The highest BCUT2D eigenvalue weighted by Gasteiger charge is 2.26. The minimum absolute atomic E-state index is 0.0716. The zero-order valence-electron chi connectivity index (χ0n) is 11.6. The summed E-state index contributed by atoms with van der Waals surface area (Å²) in [5, 5.41) is 9.48. The van der Waals surface area contributed by atoms with Crippen molar-refractivity contribution in [3.63, 3.8) is 0 Å². The van der Waals surface area contributed by atoms with E-state index in [-0.39, 0.29) is 5.92 Å². The molecule has 0 bridgehead atoms. The second-order valence-corrected chi connectivity index (χ2v) is 5.64. The summed E-state index contributed by atoms with van der Waals surface area (Å²) in [6, 6.07) is 21.5. The van der Waals surface area contributed by atoms with Gasteiger partial charge in [0.15, 0.2) is 0 Å². The summed E-state index contributed by atoms with van der Waals surface area (Å²) in [6.45, 7) is 0. The standard InChI is InChI=1S/C19H19N/c20-14-19(17-8-4-5-9-17)18-12-10-16(11-13-18)15-6-2-1-3-7-15/h1-3,6-7,10-13,17,19H,4-5,8-9H2. The summed E-state index contributed by atoms with van der Waals surface area (Å²) in [5.41, 5.74) is 3.63. The lowest BCUT2D eigenvalue weighted by atomic mass is 9.85. The summed E-state index contributed by atoms with van der Waals surface area (Å²) in [6.07, 6.45) is 4.98. The Morgan fingerprint density at radius 3 is 2.05 bits per heavy atom. The van der Waals surface area contributed by atoms with E-state index in [9.17, 15) is 5.26 Å². The summed E-state index contributed by atoms with van der Waals surface area (Å²) < 4.78 is 0. The zero-order valence-corrected chi connectivity index (χ0v) is 11.6. The van der Waals surface area contributed by atoms with E-state index < -0.39 is 0 Å². The second kappa shape index (κ2) is 5.92. The highest BCUT2D eigenvalue weighted by Crippen LogP contribution is 2.37. The molecule has 2 aromatic carbocycles. The van der Waals surface area contributed by atoms with E-state index in [1.807, 2.05) is 6.07 Å². The largest absolute Gasteiger partial charge is 0.198 e. The molecule has 0 amide bonds. The molecule has 1 heteroatoms. The van der Waals surface area contributed by atoms with E-state index >= 15 is 0 Å².